The van der Waals surface area contributed by atoms with E-state index in [1.807, 2.05) is 24.3 Å². The van der Waals surface area contributed by atoms with Crippen LogP contribution < -0.4 is 15.4 Å². The number of nitrogens with one attached hydrogen (secondary N) is 2. The molecule has 0 aromatic heterocycles. The van der Waals surface area contributed by atoms with E-state index in [1.54, 1.807) is 7.11 Å². The van der Waals surface area contributed by atoms with E-state index in [-0.39, 0.29) is 25.4 Å². The van der Waals surface area contributed by atoms with Gasteiger partial charge in [0.15, 0.2) is 0 Å². The maximum Gasteiger partial charge on any atom is 0.304 e. The monoisotopic (exact) mass is 266 g/mol. The summed E-state index contributed by atoms with van der Waals surface area (Å²) in [5.41, 5.74) is 0.892. The molecule has 0 unspecified atom stereocenters. The van der Waals surface area contributed by atoms with Gasteiger partial charge in [0.1, 0.15) is 5.75 Å². The number of para-hydroxylation sites is 1. The van der Waals surface area contributed by atoms with Gasteiger partial charge in [-0.2, -0.15) is 0 Å². The molecule has 0 aliphatic carbocycles. The van der Waals surface area contributed by atoms with Gasteiger partial charge in [0.2, 0.25) is 5.91 Å². The van der Waals surface area contributed by atoms with Crippen molar-refractivity contribution >= 4 is 11.9 Å². The van der Waals surface area contributed by atoms with Gasteiger partial charge in [0.05, 0.1) is 20.1 Å². The number of carboxylic acids is 1. The first-order valence-corrected chi connectivity index (χ1v) is 5.94. The summed E-state index contributed by atoms with van der Waals surface area (Å²) < 4.78 is 5.17. The smallest absolute Gasteiger partial charge is 0.304 e. The molecule has 1 rings (SSSR count). The molecule has 0 spiro atoms. The van der Waals surface area contributed by atoms with Crippen LogP contribution in [0, 0.1) is 0 Å². The molecule has 0 aliphatic rings. The number of carboxylic acid groups (broad SMARTS) is 1. The van der Waals surface area contributed by atoms with Crippen LogP contribution >= 0.6 is 0 Å². The highest BCUT2D eigenvalue weighted by Gasteiger charge is 2.05. The molecule has 0 saturated carbocycles. The normalized spacial score (nSPS) is 9.95. The van der Waals surface area contributed by atoms with Gasteiger partial charge >= 0.3 is 5.97 Å². The van der Waals surface area contributed by atoms with Gasteiger partial charge in [-0.15, -0.1) is 0 Å². The second kappa shape index (κ2) is 8.10. The molecule has 6 nitrogen and oxygen atoms in total. The molecule has 1 amide bonds. The van der Waals surface area contributed by atoms with Gasteiger partial charge in [-0.05, 0) is 6.07 Å². The molecule has 19 heavy (non-hydrogen) atoms. The van der Waals surface area contributed by atoms with Crippen LogP contribution in [0.2, 0.25) is 0 Å². The number of aliphatic carboxylic acids is 1. The number of methoxy groups -OCH3 is 1. The standard InChI is InChI=1S/C13H18N2O4/c1-19-11-5-3-2-4-10(11)8-15-12(16)9-14-7-6-13(17)18/h2-5,14H,6-9H2,1H3,(H,15,16)(H,17,18). The third-order valence-electron chi connectivity index (χ3n) is 2.47. The lowest BCUT2D eigenvalue weighted by atomic mass is 10.2. The molecule has 0 bridgehead atoms. The van der Waals surface area contributed by atoms with Crippen molar-refractivity contribution in [2.45, 2.75) is 13.0 Å². The Morgan fingerprint density at radius 1 is 1.32 bits per heavy atom. The van der Waals surface area contributed by atoms with Crippen molar-refractivity contribution < 1.29 is 19.4 Å². The summed E-state index contributed by atoms with van der Waals surface area (Å²) in [6.45, 7) is 0.753. The minimum Gasteiger partial charge on any atom is -0.496 e. The van der Waals surface area contributed by atoms with E-state index >= 15 is 0 Å². The quantitative estimate of drug-likeness (QED) is 0.592. The minimum atomic E-state index is -0.887. The SMILES string of the molecule is COc1ccccc1CNC(=O)CNCCC(=O)O. The molecule has 6 heteroatoms. The molecule has 0 saturated heterocycles. The van der Waals surface area contributed by atoms with Crippen LogP contribution in [0.15, 0.2) is 24.3 Å². The van der Waals surface area contributed by atoms with Crippen LogP contribution in [0.5, 0.6) is 5.75 Å². The van der Waals surface area contributed by atoms with Gasteiger partial charge in [-0.1, -0.05) is 18.2 Å². The fourth-order valence-corrected chi connectivity index (χ4v) is 1.50. The number of ether oxygens (including phenoxy) is 1. The maximum atomic E-state index is 11.5. The van der Waals surface area contributed by atoms with Crippen LogP contribution in [0.1, 0.15) is 12.0 Å². The number of amides is 1. The molecular formula is C13H18N2O4. The zero-order valence-electron chi connectivity index (χ0n) is 10.8. The van der Waals surface area contributed by atoms with E-state index in [1.165, 1.54) is 0 Å². The Hall–Kier alpha value is -2.08. The van der Waals surface area contributed by atoms with Crippen molar-refractivity contribution in [2.75, 3.05) is 20.2 Å². The number of carbonyl (C=O) groups excluding carboxylic acids is 1. The van der Waals surface area contributed by atoms with Crippen molar-refractivity contribution in [3.8, 4) is 5.75 Å². The average Bonchev–Trinajstić information content (AvgIpc) is 2.41. The number of hydrogen-bond acceptors (Lipinski definition) is 4. The highest BCUT2D eigenvalue weighted by atomic mass is 16.5. The van der Waals surface area contributed by atoms with Crippen LogP contribution in [0.4, 0.5) is 0 Å². The zero-order chi connectivity index (χ0) is 14.1. The summed E-state index contributed by atoms with van der Waals surface area (Å²) in [6.07, 6.45) is -0.000210. The van der Waals surface area contributed by atoms with Gasteiger partial charge in [-0.3, -0.25) is 9.59 Å². The summed E-state index contributed by atoms with van der Waals surface area (Å²) in [7, 11) is 1.58. The van der Waals surface area contributed by atoms with E-state index < -0.39 is 5.97 Å². The molecular weight excluding hydrogens is 248 g/mol. The predicted molar refractivity (Wildman–Crippen MR) is 70.0 cm³/mol. The number of rotatable bonds is 8. The molecule has 1 aromatic carbocycles. The summed E-state index contributed by atoms with van der Waals surface area (Å²) >= 11 is 0. The van der Waals surface area contributed by atoms with Crippen LogP contribution in [-0.2, 0) is 16.1 Å². The summed E-state index contributed by atoms with van der Waals surface area (Å²) in [5.74, 6) is -0.347. The van der Waals surface area contributed by atoms with E-state index in [9.17, 15) is 9.59 Å². The van der Waals surface area contributed by atoms with Crippen LogP contribution in [0.3, 0.4) is 0 Å². The Labute approximate surface area is 111 Å². The van der Waals surface area contributed by atoms with E-state index in [2.05, 4.69) is 10.6 Å². The van der Waals surface area contributed by atoms with Crippen molar-refractivity contribution in [1.82, 2.24) is 10.6 Å². The van der Waals surface area contributed by atoms with Crippen LogP contribution in [0.25, 0.3) is 0 Å². The third-order valence-corrected chi connectivity index (χ3v) is 2.47. The Morgan fingerprint density at radius 2 is 2.05 bits per heavy atom. The number of benzene rings is 1. The zero-order valence-corrected chi connectivity index (χ0v) is 10.8. The largest absolute Gasteiger partial charge is 0.496 e. The second-order valence-corrected chi connectivity index (χ2v) is 3.91. The topological polar surface area (TPSA) is 87.7 Å². The summed E-state index contributed by atoms with van der Waals surface area (Å²) in [4.78, 5) is 21.8. The molecule has 3 N–H and O–H groups in total. The highest BCUT2D eigenvalue weighted by Crippen LogP contribution is 2.16. The number of carbonyl (C=O) groups is 2. The average molecular weight is 266 g/mol. The fourth-order valence-electron chi connectivity index (χ4n) is 1.50. The molecule has 0 heterocycles. The van der Waals surface area contributed by atoms with E-state index in [4.69, 9.17) is 9.84 Å². The first kappa shape index (κ1) is 15.0. The van der Waals surface area contributed by atoms with E-state index in [0.717, 1.165) is 11.3 Å². The van der Waals surface area contributed by atoms with E-state index in [0.29, 0.717) is 6.54 Å². The molecule has 0 radical (unpaired) electrons. The lowest BCUT2D eigenvalue weighted by Crippen LogP contribution is -2.34. The Morgan fingerprint density at radius 3 is 2.74 bits per heavy atom. The number of hydrogen-bond donors (Lipinski definition) is 3. The van der Waals surface area contributed by atoms with Crippen molar-refractivity contribution in [3.63, 3.8) is 0 Å². The van der Waals surface area contributed by atoms with Gasteiger partial charge < -0.3 is 20.5 Å². The highest BCUT2D eigenvalue weighted by molar-refractivity contribution is 5.78. The molecule has 104 valence electrons. The Balaban J connectivity index is 2.28. The fraction of sp³-hybridized carbons (Fsp3) is 0.385. The first-order chi connectivity index (χ1) is 9.13. The predicted octanol–water partition coefficient (Wildman–Crippen LogP) is 0.376. The van der Waals surface area contributed by atoms with Crippen molar-refractivity contribution in [1.29, 1.82) is 0 Å². The lowest BCUT2D eigenvalue weighted by molar-refractivity contribution is -0.137. The molecule has 0 fully saturated rings. The van der Waals surface area contributed by atoms with Crippen molar-refractivity contribution in [3.05, 3.63) is 29.8 Å². The minimum absolute atomic E-state index is 0.000210. The van der Waals surface area contributed by atoms with Crippen molar-refractivity contribution in [2.24, 2.45) is 0 Å². The van der Waals surface area contributed by atoms with Gasteiger partial charge in [-0.25, -0.2) is 0 Å². The lowest BCUT2D eigenvalue weighted by Gasteiger charge is -2.09. The Bertz CT molecular complexity index is 434. The van der Waals surface area contributed by atoms with Gasteiger partial charge in [0.25, 0.3) is 0 Å². The van der Waals surface area contributed by atoms with Crippen LogP contribution in [-0.4, -0.2) is 37.2 Å². The van der Waals surface area contributed by atoms with Gasteiger partial charge in [0, 0.05) is 18.7 Å². The Kier molecular flexibility index (Phi) is 6.38. The third kappa shape index (κ3) is 5.87. The summed E-state index contributed by atoms with van der Waals surface area (Å²) in [5, 5.41) is 13.9. The summed E-state index contributed by atoms with van der Waals surface area (Å²) in [6, 6.07) is 7.43. The maximum absolute atomic E-state index is 11.5. The second-order valence-electron chi connectivity index (χ2n) is 3.91. The molecule has 0 aliphatic heterocycles. The first-order valence-electron chi connectivity index (χ1n) is 5.94. The molecule has 1 aromatic rings. The molecule has 0 atom stereocenters.